The maximum Gasteiger partial charge on any atom is 0.165 e. The summed E-state index contributed by atoms with van der Waals surface area (Å²) in [5, 5.41) is 4.54. The molecule has 82 valence electrons. The van der Waals surface area contributed by atoms with Crippen molar-refractivity contribution in [1.82, 2.24) is 5.16 Å². The van der Waals surface area contributed by atoms with Crippen molar-refractivity contribution in [3.63, 3.8) is 0 Å². The lowest BCUT2D eigenvalue weighted by molar-refractivity contribution is 0.101. The highest BCUT2D eigenvalue weighted by atomic mass is 35.5. The number of benzene rings is 1. The second kappa shape index (κ2) is 4.10. The fourth-order valence-corrected chi connectivity index (χ4v) is 1.72. The topological polar surface area (TPSA) is 43.1 Å². The van der Waals surface area contributed by atoms with Gasteiger partial charge < -0.3 is 4.52 Å². The molecular weight excluding hydrogens is 226 g/mol. The standard InChI is InChI=1S/C12H10ClNO2/c1-7(15)11-8(2)16-14-12(11)9-3-5-10(13)6-4-9/h3-6H,1-2H3. The van der Waals surface area contributed by atoms with Gasteiger partial charge in [0.1, 0.15) is 11.5 Å². The number of hydrogen-bond donors (Lipinski definition) is 0. The highest BCUT2D eigenvalue weighted by Crippen LogP contribution is 2.26. The molecule has 1 heterocycles. The smallest absolute Gasteiger partial charge is 0.165 e. The Morgan fingerprint density at radius 2 is 1.94 bits per heavy atom. The third kappa shape index (κ3) is 1.86. The highest BCUT2D eigenvalue weighted by molar-refractivity contribution is 6.30. The largest absolute Gasteiger partial charge is 0.360 e. The average Bonchev–Trinajstić information content (AvgIpc) is 2.61. The Morgan fingerprint density at radius 3 is 2.50 bits per heavy atom. The lowest BCUT2D eigenvalue weighted by Crippen LogP contribution is -1.95. The number of aryl methyl sites for hydroxylation is 1. The molecule has 1 aromatic heterocycles. The second-order valence-electron chi connectivity index (χ2n) is 3.53. The van der Waals surface area contributed by atoms with Crippen molar-refractivity contribution in [2.24, 2.45) is 0 Å². The van der Waals surface area contributed by atoms with Gasteiger partial charge in [-0.3, -0.25) is 4.79 Å². The normalized spacial score (nSPS) is 10.4. The first kappa shape index (κ1) is 10.9. The fourth-order valence-electron chi connectivity index (χ4n) is 1.59. The van der Waals surface area contributed by atoms with Crippen molar-refractivity contribution in [2.45, 2.75) is 13.8 Å². The Hall–Kier alpha value is -1.61. The third-order valence-electron chi connectivity index (χ3n) is 2.33. The van der Waals surface area contributed by atoms with Crippen molar-refractivity contribution < 1.29 is 9.32 Å². The molecule has 0 N–H and O–H groups in total. The zero-order chi connectivity index (χ0) is 11.7. The van der Waals surface area contributed by atoms with Crippen molar-refractivity contribution >= 4 is 17.4 Å². The minimum absolute atomic E-state index is 0.0521. The first-order valence-corrected chi connectivity index (χ1v) is 5.20. The van der Waals surface area contributed by atoms with E-state index < -0.39 is 0 Å². The number of carbonyl (C=O) groups excluding carboxylic acids is 1. The predicted molar refractivity (Wildman–Crippen MR) is 61.7 cm³/mol. The summed E-state index contributed by atoms with van der Waals surface area (Å²) >= 11 is 5.80. The average molecular weight is 236 g/mol. The van der Waals surface area contributed by atoms with Crippen LogP contribution < -0.4 is 0 Å². The van der Waals surface area contributed by atoms with Gasteiger partial charge in [0.25, 0.3) is 0 Å². The number of ketones is 1. The lowest BCUT2D eigenvalue weighted by Gasteiger charge is -1.98. The molecule has 0 saturated heterocycles. The minimum Gasteiger partial charge on any atom is -0.360 e. The highest BCUT2D eigenvalue weighted by Gasteiger charge is 2.17. The molecule has 0 atom stereocenters. The number of carbonyl (C=O) groups is 1. The van der Waals surface area contributed by atoms with E-state index in [0.717, 1.165) is 5.56 Å². The predicted octanol–water partition coefficient (Wildman–Crippen LogP) is 3.51. The Kier molecular flexibility index (Phi) is 2.79. The van der Waals surface area contributed by atoms with E-state index in [1.807, 2.05) is 12.1 Å². The molecule has 3 nitrogen and oxygen atoms in total. The molecule has 4 heteroatoms. The molecule has 0 aliphatic carbocycles. The van der Waals surface area contributed by atoms with Gasteiger partial charge in [-0.25, -0.2) is 0 Å². The Bertz CT molecular complexity index is 528. The van der Waals surface area contributed by atoms with Crippen LogP contribution in [0.2, 0.25) is 5.02 Å². The van der Waals surface area contributed by atoms with Gasteiger partial charge in [-0.1, -0.05) is 28.9 Å². The van der Waals surface area contributed by atoms with E-state index in [2.05, 4.69) is 5.16 Å². The number of Topliss-reactive ketones (excluding diaryl/α,β-unsaturated/α-hetero) is 1. The molecule has 0 aliphatic rings. The summed E-state index contributed by atoms with van der Waals surface area (Å²) in [5.74, 6) is 0.487. The molecule has 0 saturated carbocycles. The van der Waals surface area contributed by atoms with Crippen LogP contribution in [0.4, 0.5) is 0 Å². The summed E-state index contributed by atoms with van der Waals surface area (Å²) in [6.45, 7) is 3.22. The molecule has 0 unspecified atom stereocenters. The fraction of sp³-hybridized carbons (Fsp3) is 0.167. The van der Waals surface area contributed by atoms with Crippen LogP contribution in [0.3, 0.4) is 0 Å². The van der Waals surface area contributed by atoms with E-state index in [1.54, 1.807) is 19.1 Å². The van der Waals surface area contributed by atoms with Crippen LogP contribution in [0.25, 0.3) is 11.3 Å². The summed E-state index contributed by atoms with van der Waals surface area (Å²) < 4.78 is 5.04. The van der Waals surface area contributed by atoms with Crippen LogP contribution in [0.1, 0.15) is 23.0 Å². The van der Waals surface area contributed by atoms with Crippen LogP contribution in [0.15, 0.2) is 28.8 Å². The van der Waals surface area contributed by atoms with Crippen LogP contribution >= 0.6 is 11.6 Å². The number of nitrogens with zero attached hydrogens (tertiary/aromatic N) is 1. The summed E-state index contributed by atoms with van der Waals surface area (Å²) in [6.07, 6.45) is 0. The van der Waals surface area contributed by atoms with Crippen molar-refractivity contribution in [3.05, 3.63) is 40.6 Å². The second-order valence-corrected chi connectivity index (χ2v) is 3.96. The number of halogens is 1. The van der Waals surface area contributed by atoms with E-state index in [1.165, 1.54) is 6.92 Å². The van der Waals surface area contributed by atoms with E-state index in [-0.39, 0.29) is 5.78 Å². The van der Waals surface area contributed by atoms with E-state index >= 15 is 0 Å². The van der Waals surface area contributed by atoms with Crippen LogP contribution in [0.5, 0.6) is 0 Å². The summed E-state index contributed by atoms with van der Waals surface area (Å²) in [4.78, 5) is 11.5. The molecule has 0 spiro atoms. The molecule has 0 radical (unpaired) electrons. The summed E-state index contributed by atoms with van der Waals surface area (Å²) in [7, 11) is 0. The SMILES string of the molecule is CC(=O)c1c(-c2ccc(Cl)cc2)noc1C. The van der Waals surface area contributed by atoms with Gasteiger partial charge in [0.05, 0.1) is 5.56 Å². The molecule has 1 aromatic carbocycles. The summed E-state index contributed by atoms with van der Waals surface area (Å²) in [5.41, 5.74) is 1.93. The van der Waals surface area contributed by atoms with Gasteiger partial charge >= 0.3 is 0 Å². The maximum absolute atomic E-state index is 11.5. The zero-order valence-corrected chi connectivity index (χ0v) is 9.71. The van der Waals surface area contributed by atoms with Gasteiger partial charge in [-0.2, -0.15) is 0 Å². The van der Waals surface area contributed by atoms with E-state index in [0.29, 0.717) is 22.0 Å². The van der Waals surface area contributed by atoms with Crippen molar-refractivity contribution in [2.75, 3.05) is 0 Å². The maximum atomic E-state index is 11.5. The van der Waals surface area contributed by atoms with Gasteiger partial charge in [0, 0.05) is 10.6 Å². The van der Waals surface area contributed by atoms with E-state index in [9.17, 15) is 4.79 Å². The lowest BCUT2D eigenvalue weighted by atomic mass is 10.0. The van der Waals surface area contributed by atoms with Gasteiger partial charge in [0.15, 0.2) is 5.78 Å². The molecule has 16 heavy (non-hydrogen) atoms. The number of aromatic nitrogens is 1. The van der Waals surface area contributed by atoms with E-state index in [4.69, 9.17) is 16.1 Å². The summed E-state index contributed by atoms with van der Waals surface area (Å²) in [6, 6.07) is 7.13. The number of rotatable bonds is 2. The monoisotopic (exact) mass is 235 g/mol. The first-order chi connectivity index (χ1) is 7.59. The van der Waals surface area contributed by atoms with Crippen LogP contribution in [0, 0.1) is 6.92 Å². The number of hydrogen-bond acceptors (Lipinski definition) is 3. The third-order valence-corrected chi connectivity index (χ3v) is 2.58. The van der Waals surface area contributed by atoms with Gasteiger partial charge in [-0.05, 0) is 26.0 Å². The van der Waals surface area contributed by atoms with Crippen LogP contribution in [-0.4, -0.2) is 10.9 Å². The van der Waals surface area contributed by atoms with Crippen LogP contribution in [-0.2, 0) is 0 Å². The Morgan fingerprint density at radius 1 is 1.31 bits per heavy atom. The molecule has 0 bridgehead atoms. The molecule has 0 amide bonds. The van der Waals surface area contributed by atoms with Gasteiger partial charge in [0.2, 0.25) is 0 Å². The zero-order valence-electron chi connectivity index (χ0n) is 8.95. The molecule has 0 aliphatic heterocycles. The van der Waals surface area contributed by atoms with Gasteiger partial charge in [-0.15, -0.1) is 0 Å². The quantitative estimate of drug-likeness (QED) is 0.748. The molecule has 2 rings (SSSR count). The van der Waals surface area contributed by atoms with Crippen molar-refractivity contribution in [3.8, 4) is 11.3 Å². The Labute approximate surface area is 98.0 Å². The Balaban J connectivity index is 2.56. The molecule has 0 fully saturated rings. The first-order valence-electron chi connectivity index (χ1n) is 4.82. The molecule has 2 aromatic rings. The minimum atomic E-state index is -0.0521. The molecular formula is C12H10ClNO2. The van der Waals surface area contributed by atoms with Crippen molar-refractivity contribution in [1.29, 1.82) is 0 Å².